The second-order valence-corrected chi connectivity index (χ2v) is 3.64. The lowest BCUT2D eigenvalue weighted by atomic mass is 10.1. The van der Waals surface area contributed by atoms with Crippen molar-refractivity contribution in [1.29, 1.82) is 0 Å². The molecule has 0 atom stereocenters. The first-order chi connectivity index (χ1) is 8.38. The van der Waals surface area contributed by atoms with Crippen LogP contribution in [0.25, 0.3) is 11.3 Å². The van der Waals surface area contributed by atoms with Gasteiger partial charge >= 0.3 is 6.18 Å². The molecular formula is C12H8F4N2. The number of pyridine rings is 1. The van der Waals surface area contributed by atoms with Crippen LogP contribution in [-0.2, 0) is 6.18 Å². The standard InChI is InChI=1S/C12H8F4N2/c13-9-6-7(4-5-8(9)12(14,15)16)10-2-1-3-11(17)18-10/h1-6H,(H2,17,18). The van der Waals surface area contributed by atoms with Gasteiger partial charge in [-0.05, 0) is 24.3 Å². The number of nitrogens with two attached hydrogens (primary N) is 1. The fraction of sp³-hybridized carbons (Fsp3) is 0.0833. The fourth-order valence-corrected chi connectivity index (χ4v) is 1.52. The number of benzene rings is 1. The first-order valence-corrected chi connectivity index (χ1v) is 4.97. The maximum absolute atomic E-state index is 13.4. The Morgan fingerprint density at radius 2 is 1.78 bits per heavy atom. The molecule has 0 saturated carbocycles. The molecule has 0 bridgehead atoms. The van der Waals surface area contributed by atoms with Crippen LogP contribution in [0.1, 0.15) is 5.56 Å². The van der Waals surface area contributed by atoms with Crippen molar-refractivity contribution < 1.29 is 17.6 Å². The third kappa shape index (κ3) is 2.42. The number of nitrogen functional groups attached to an aromatic ring is 1. The van der Waals surface area contributed by atoms with Crippen molar-refractivity contribution in [3.05, 3.63) is 47.8 Å². The van der Waals surface area contributed by atoms with E-state index >= 15 is 0 Å². The van der Waals surface area contributed by atoms with Gasteiger partial charge in [0, 0.05) is 5.56 Å². The number of hydrogen-bond donors (Lipinski definition) is 1. The number of aromatic nitrogens is 1. The van der Waals surface area contributed by atoms with Gasteiger partial charge in [-0.25, -0.2) is 9.37 Å². The molecule has 2 nitrogen and oxygen atoms in total. The number of anilines is 1. The summed E-state index contributed by atoms with van der Waals surface area (Å²) in [4.78, 5) is 3.91. The van der Waals surface area contributed by atoms with Gasteiger partial charge in [-0.2, -0.15) is 13.2 Å². The summed E-state index contributed by atoms with van der Waals surface area (Å²) < 4.78 is 50.5. The van der Waals surface area contributed by atoms with Crippen LogP contribution >= 0.6 is 0 Å². The molecule has 2 rings (SSSR count). The van der Waals surface area contributed by atoms with Crippen LogP contribution in [0.4, 0.5) is 23.4 Å². The smallest absolute Gasteiger partial charge is 0.384 e. The molecule has 0 amide bonds. The van der Waals surface area contributed by atoms with Gasteiger partial charge in [-0.3, -0.25) is 0 Å². The quantitative estimate of drug-likeness (QED) is 0.793. The second-order valence-electron chi connectivity index (χ2n) is 3.64. The molecule has 0 saturated heterocycles. The van der Waals surface area contributed by atoms with Crippen molar-refractivity contribution in [1.82, 2.24) is 4.98 Å². The van der Waals surface area contributed by atoms with E-state index in [9.17, 15) is 17.6 Å². The lowest BCUT2D eigenvalue weighted by Crippen LogP contribution is -2.08. The summed E-state index contributed by atoms with van der Waals surface area (Å²) in [5.74, 6) is -1.11. The van der Waals surface area contributed by atoms with Gasteiger partial charge in [0.2, 0.25) is 0 Å². The van der Waals surface area contributed by atoms with E-state index in [1.54, 1.807) is 12.1 Å². The first kappa shape index (κ1) is 12.3. The molecule has 94 valence electrons. The summed E-state index contributed by atoms with van der Waals surface area (Å²) in [5.41, 5.74) is 4.72. The molecule has 0 aliphatic rings. The van der Waals surface area contributed by atoms with Crippen LogP contribution in [0.15, 0.2) is 36.4 Å². The Bertz CT molecular complexity index is 579. The Morgan fingerprint density at radius 1 is 1.06 bits per heavy atom. The summed E-state index contributed by atoms with van der Waals surface area (Å²) in [6, 6.07) is 7.31. The average molecular weight is 256 g/mol. The molecule has 0 fully saturated rings. The summed E-state index contributed by atoms with van der Waals surface area (Å²) in [6.07, 6.45) is -4.70. The van der Waals surface area contributed by atoms with Crippen LogP contribution in [-0.4, -0.2) is 4.98 Å². The molecule has 18 heavy (non-hydrogen) atoms. The van der Waals surface area contributed by atoms with Crippen molar-refractivity contribution in [2.75, 3.05) is 5.73 Å². The Kier molecular flexibility index (Phi) is 2.94. The van der Waals surface area contributed by atoms with Crippen molar-refractivity contribution in [3.63, 3.8) is 0 Å². The van der Waals surface area contributed by atoms with Gasteiger partial charge in [0.1, 0.15) is 11.6 Å². The molecule has 6 heteroatoms. The summed E-state index contributed by atoms with van der Waals surface area (Å²) >= 11 is 0. The molecule has 0 aliphatic carbocycles. The van der Waals surface area contributed by atoms with Crippen LogP contribution in [0.2, 0.25) is 0 Å². The number of hydrogen-bond acceptors (Lipinski definition) is 2. The third-order valence-corrected chi connectivity index (χ3v) is 2.34. The minimum Gasteiger partial charge on any atom is -0.384 e. The highest BCUT2D eigenvalue weighted by atomic mass is 19.4. The highest BCUT2D eigenvalue weighted by molar-refractivity contribution is 5.61. The van der Waals surface area contributed by atoms with Crippen LogP contribution in [0.5, 0.6) is 0 Å². The predicted molar refractivity (Wildman–Crippen MR) is 59.0 cm³/mol. The maximum Gasteiger partial charge on any atom is 0.419 e. The Hall–Kier alpha value is -2.11. The van der Waals surface area contributed by atoms with Crippen LogP contribution < -0.4 is 5.73 Å². The van der Waals surface area contributed by atoms with E-state index in [-0.39, 0.29) is 11.4 Å². The van der Waals surface area contributed by atoms with E-state index in [0.29, 0.717) is 11.8 Å². The van der Waals surface area contributed by atoms with E-state index in [0.717, 1.165) is 12.1 Å². The van der Waals surface area contributed by atoms with Crippen LogP contribution in [0.3, 0.4) is 0 Å². The number of rotatable bonds is 1. The lowest BCUT2D eigenvalue weighted by Gasteiger charge is -2.09. The molecule has 1 heterocycles. The third-order valence-electron chi connectivity index (χ3n) is 2.34. The molecule has 0 unspecified atom stereocenters. The topological polar surface area (TPSA) is 38.9 Å². The molecule has 2 aromatic rings. The summed E-state index contributed by atoms with van der Waals surface area (Å²) in [5, 5.41) is 0. The monoisotopic (exact) mass is 256 g/mol. The van der Waals surface area contributed by atoms with E-state index in [1.165, 1.54) is 6.07 Å². The first-order valence-electron chi connectivity index (χ1n) is 4.97. The zero-order chi connectivity index (χ0) is 13.3. The minimum atomic E-state index is -4.70. The zero-order valence-electron chi connectivity index (χ0n) is 9.00. The van der Waals surface area contributed by atoms with E-state index in [1.807, 2.05) is 0 Å². The van der Waals surface area contributed by atoms with Crippen molar-refractivity contribution in [3.8, 4) is 11.3 Å². The Labute approximate surface area is 100 Å². The van der Waals surface area contributed by atoms with Crippen molar-refractivity contribution in [2.45, 2.75) is 6.18 Å². The van der Waals surface area contributed by atoms with Gasteiger partial charge in [-0.15, -0.1) is 0 Å². The van der Waals surface area contributed by atoms with Gasteiger partial charge in [0.05, 0.1) is 11.3 Å². The van der Waals surface area contributed by atoms with E-state index < -0.39 is 17.6 Å². The number of alkyl halides is 3. The fourth-order valence-electron chi connectivity index (χ4n) is 1.52. The zero-order valence-corrected chi connectivity index (χ0v) is 9.00. The van der Waals surface area contributed by atoms with E-state index in [4.69, 9.17) is 5.73 Å². The molecule has 0 spiro atoms. The van der Waals surface area contributed by atoms with Crippen molar-refractivity contribution in [2.24, 2.45) is 0 Å². The Morgan fingerprint density at radius 3 is 2.33 bits per heavy atom. The summed E-state index contributed by atoms with van der Waals surface area (Å²) in [7, 11) is 0. The average Bonchev–Trinajstić information content (AvgIpc) is 2.27. The SMILES string of the molecule is Nc1cccc(-c2ccc(C(F)(F)F)c(F)c2)n1. The highest BCUT2D eigenvalue weighted by Gasteiger charge is 2.33. The number of halogens is 4. The Balaban J connectivity index is 2.47. The molecule has 1 aromatic heterocycles. The molecule has 2 N–H and O–H groups in total. The molecule has 0 aliphatic heterocycles. The van der Waals surface area contributed by atoms with E-state index in [2.05, 4.69) is 4.98 Å². The van der Waals surface area contributed by atoms with Gasteiger partial charge in [0.15, 0.2) is 0 Å². The lowest BCUT2D eigenvalue weighted by molar-refractivity contribution is -0.139. The second kappa shape index (κ2) is 4.29. The maximum atomic E-state index is 13.4. The van der Waals surface area contributed by atoms with Gasteiger partial charge in [-0.1, -0.05) is 12.1 Å². The van der Waals surface area contributed by atoms with Crippen LogP contribution in [0, 0.1) is 5.82 Å². The van der Waals surface area contributed by atoms with Gasteiger partial charge in [0.25, 0.3) is 0 Å². The minimum absolute atomic E-state index is 0.216. The predicted octanol–water partition coefficient (Wildman–Crippen LogP) is 3.49. The normalized spacial score (nSPS) is 11.6. The molecule has 1 aromatic carbocycles. The molecular weight excluding hydrogens is 248 g/mol. The number of nitrogens with zero attached hydrogens (tertiary/aromatic N) is 1. The molecule has 0 radical (unpaired) electrons. The largest absolute Gasteiger partial charge is 0.419 e. The summed E-state index contributed by atoms with van der Waals surface area (Å²) in [6.45, 7) is 0. The van der Waals surface area contributed by atoms with Crippen molar-refractivity contribution >= 4 is 5.82 Å². The van der Waals surface area contributed by atoms with Gasteiger partial charge < -0.3 is 5.73 Å². The highest BCUT2D eigenvalue weighted by Crippen LogP contribution is 2.33.